The highest BCUT2D eigenvalue weighted by atomic mass is 16.6. The minimum atomic E-state index is -1.43. The predicted octanol–water partition coefficient (Wildman–Crippen LogP) is -0.864. The molecule has 1 saturated heterocycles. The zero-order valence-electron chi connectivity index (χ0n) is 18.8. The van der Waals surface area contributed by atoms with Gasteiger partial charge in [0.15, 0.2) is 23.8 Å². The summed E-state index contributed by atoms with van der Waals surface area (Å²) < 4.78 is 11.8. The first-order valence-electron chi connectivity index (χ1n) is 11.0. The molecule has 0 unspecified atom stereocenters. The van der Waals surface area contributed by atoms with Gasteiger partial charge in [-0.3, -0.25) is 14.3 Å². The van der Waals surface area contributed by atoms with Crippen LogP contribution in [0.4, 0.5) is 10.6 Å². The number of hydrogen-bond acceptors (Lipinski definition) is 10. The molecule has 1 saturated carbocycles. The first-order chi connectivity index (χ1) is 16.3. The lowest BCUT2D eigenvalue weighted by atomic mass is 10.1. The molecule has 0 spiro atoms. The van der Waals surface area contributed by atoms with Gasteiger partial charge >= 0.3 is 6.09 Å². The Hall–Kier alpha value is -3.47. The number of ether oxygens (including phenoxy) is 2. The SMILES string of the molecule is CCCN(CC#Cc1nc(N)c2ncn([C@@H]3O[C@H](C(=O)NC4CC4)[C@@H](O)[C@H]3O)c2n1)C(=O)OC. The lowest BCUT2D eigenvalue weighted by Gasteiger charge is -2.17. The standard InChI is InChI=1S/C21H27N7O6/c1-3-8-27(21(32)33-2)9-4-5-12-25-17(22)13-18(26-12)28(10-23-13)20-15(30)14(29)16(34-20)19(31)24-11-6-7-11/h10-11,14-16,20,29-30H,3,6-9H2,1-2H3,(H,24,31)(H2,22,25,26)/t14-,15+,16-,20+/m0/s1. The third-order valence-electron chi connectivity index (χ3n) is 5.54. The number of rotatable bonds is 6. The van der Waals surface area contributed by atoms with E-state index in [9.17, 15) is 19.8 Å². The van der Waals surface area contributed by atoms with E-state index in [0.717, 1.165) is 19.3 Å². The minimum Gasteiger partial charge on any atom is -0.453 e. The summed E-state index contributed by atoms with van der Waals surface area (Å²) in [5.41, 5.74) is 6.49. The number of aliphatic hydroxyl groups excluding tert-OH is 2. The Labute approximate surface area is 195 Å². The first-order valence-corrected chi connectivity index (χ1v) is 11.0. The largest absolute Gasteiger partial charge is 0.453 e. The summed E-state index contributed by atoms with van der Waals surface area (Å²) >= 11 is 0. The van der Waals surface area contributed by atoms with Crippen molar-refractivity contribution in [1.82, 2.24) is 29.7 Å². The number of fused-ring (bicyclic) bond motifs is 1. The Bertz CT molecular complexity index is 1140. The summed E-state index contributed by atoms with van der Waals surface area (Å²) in [4.78, 5) is 38.3. The molecule has 5 N–H and O–H groups in total. The fourth-order valence-electron chi connectivity index (χ4n) is 3.65. The molecular weight excluding hydrogens is 446 g/mol. The third-order valence-corrected chi connectivity index (χ3v) is 5.54. The number of hydrogen-bond donors (Lipinski definition) is 4. The number of amides is 2. The lowest BCUT2D eigenvalue weighted by Crippen LogP contribution is -2.43. The normalized spacial score (nSPS) is 23.9. The summed E-state index contributed by atoms with van der Waals surface area (Å²) in [5.74, 6) is 5.25. The van der Waals surface area contributed by atoms with Crippen molar-refractivity contribution in [1.29, 1.82) is 0 Å². The molecule has 1 aliphatic heterocycles. The van der Waals surface area contributed by atoms with E-state index < -0.39 is 36.5 Å². The van der Waals surface area contributed by atoms with E-state index in [1.165, 1.54) is 22.9 Å². The molecule has 2 aliphatic rings. The van der Waals surface area contributed by atoms with Crippen molar-refractivity contribution >= 4 is 29.0 Å². The molecule has 0 radical (unpaired) electrons. The van der Waals surface area contributed by atoms with Crippen LogP contribution < -0.4 is 11.1 Å². The van der Waals surface area contributed by atoms with Crippen LogP contribution in [0.15, 0.2) is 6.33 Å². The molecule has 2 fully saturated rings. The monoisotopic (exact) mass is 473 g/mol. The summed E-state index contributed by atoms with van der Waals surface area (Å²) in [6, 6.07) is 0.0784. The van der Waals surface area contributed by atoms with Crippen molar-refractivity contribution in [3.63, 3.8) is 0 Å². The van der Waals surface area contributed by atoms with E-state index in [1.807, 2.05) is 6.92 Å². The van der Waals surface area contributed by atoms with Gasteiger partial charge in [-0.15, -0.1) is 0 Å². The van der Waals surface area contributed by atoms with Gasteiger partial charge in [0.2, 0.25) is 5.82 Å². The molecule has 1 aliphatic carbocycles. The average molecular weight is 473 g/mol. The Morgan fingerprint density at radius 3 is 2.79 bits per heavy atom. The van der Waals surface area contributed by atoms with Gasteiger partial charge in [-0.05, 0) is 25.2 Å². The van der Waals surface area contributed by atoms with Gasteiger partial charge in [-0.1, -0.05) is 12.8 Å². The topological polar surface area (TPSA) is 178 Å². The van der Waals surface area contributed by atoms with Gasteiger partial charge in [0.1, 0.15) is 17.7 Å². The first kappa shape index (κ1) is 23.7. The molecular formula is C21H27N7O6. The number of aromatic nitrogens is 4. The van der Waals surface area contributed by atoms with Crippen molar-refractivity contribution < 1.29 is 29.3 Å². The molecule has 0 aromatic carbocycles. The summed E-state index contributed by atoms with van der Waals surface area (Å²) in [6.45, 7) is 2.51. The predicted molar refractivity (Wildman–Crippen MR) is 118 cm³/mol. The highest BCUT2D eigenvalue weighted by Gasteiger charge is 2.48. The van der Waals surface area contributed by atoms with E-state index in [0.29, 0.717) is 6.54 Å². The van der Waals surface area contributed by atoms with Gasteiger partial charge in [-0.25, -0.2) is 19.7 Å². The van der Waals surface area contributed by atoms with Crippen LogP contribution in [0.5, 0.6) is 0 Å². The molecule has 2 aromatic rings. The van der Waals surface area contributed by atoms with E-state index in [4.69, 9.17) is 15.2 Å². The van der Waals surface area contributed by atoms with Crippen LogP contribution in [0.25, 0.3) is 11.2 Å². The molecule has 2 aromatic heterocycles. The van der Waals surface area contributed by atoms with Crippen molar-refractivity contribution in [2.24, 2.45) is 0 Å². The quantitative estimate of drug-likeness (QED) is 0.386. The molecule has 34 heavy (non-hydrogen) atoms. The lowest BCUT2D eigenvalue weighted by molar-refractivity contribution is -0.137. The van der Waals surface area contributed by atoms with Gasteiger partial charge in [0.25, 0.3) is 5.91 Å². The van der Waals surface area contributed by atoms with Crippen LogP contribution in [0, 0.1) is 11.8 Å². The van der Waals surface area contributed by atoms with Gasteiger partial charge < -0.3 is 30.7 Å². The Morgan fingerprint density at radius 2 is 2.12 bits per heavy atom. The van der Waals surface area contributed by atoms with Crippen LogP contribution in [0.3, 0.4) is 0 Å². The second kappa shape index (κ2) is 9.80. The maximum absolute atomic E-state index is 12.4. The molecule has 4 atom stereocenters. The number of carbonyl (C=O) groups excluding carboxylic acids is 2. The van der Waals surface area contributed by atoms with Crippen molar-refractivity contribution in [2.45, 2.75) is 56.8 Å². The van der Waals surface area contributed by atoms with E-state index >= 15 is 0 Å². The number of carbonyl (C=O) groups is 2. The second-order valence-electron chi connectivity index (χ2n) is 8.16. The zero-order valence-corrected chi connectivity index (χ0v) is 18.8. The molecule has 0 bridgehead atoms. The smallest absolute Gasteiger partial charge is 0.410 e. The minimum absolute atomic E-state index is 0.0579. The summed E-state index contributed by atoms with van der Waals surface area (Å²) in [6.07, 6.45) is -1.84. The zero-order chi connectivity index (χ0) is 24.4. The third kappa shape index (κ3) is 4.74. The highest BCUT2D eigenvalue weighted by Crippen LogP contribution is 2.33. The van der Waals surface area contributed by atoms with Crippen LogP contribution in [-0.4, -0.2) is 91.2 Å². The molecule has 13 heteroatoms. The van der Waals surface area contributed by atoms with Gasteiger partial charge in [0.05, 0.1) is 20.0 Å². The Balaban J connectivity index is 1.57. The van der Waals surface area contributed by atoms with Crippen molar-refractivity contribution in [3.05, 3.63) is 12.2 Å². The fraction of sp³-hybridized carbons (Fsp3) is 0.571. The van der Waals surface area contributed by atoms with E-state index in [2.05, 4.69) is 32.1 Å². The van der Waals surface area contributed by atoms with Crippen molar-refractivity contribution in [2.75, 3.05) is 25.9 Å². The summed E-state index contributed by atoms with van der Waals surface area (Å²) in [7, 11) is 1.30. The molecule has 3 heterocycles. The van der Waals surface area contributed by atoms with Crippen LogP contribution in [0.1, 0.15) is 38.2 Å². The number of nitrogens with zero attached hydrogens (tertiary/aromatic N) is 5. The maximum atomic E-state index is 12.4. The number of aliphatic hydroxyl groups is 2. The average Bonchev–Trinajstić information content (AvgIpc) is 3.45. The second-order valence-corrected chi connectivity index (χ2v) is 8.16. The maximum Gasteiger partial charge on any atom is 0.410 e. The Kier molecular flexibility index (Phi) is 6.82. The fourth-order valence-corrected chi connectivity index (χ4v) is 3.65. The highest BCUT2D eigenvalue weighted by molar-refractivity contribution is 5.83. The number of anilines is 1. The van der Waals surface area contributed by atoms with E-state index in [1.54, 1.807) is 0 Å². The number of nitrogens with one attached hydrogen (secondary N) is 1. The number of nitrogens with two attached hydrogens (primary N) is 1. The molecule has 13 nitrogen and oxygen atoms in total. The summed E-state index contributed by atoms with van der Waals surface area (Å²) in [5, 5.41) is 23.7. The van der Waals surface area contributed by atoms with Crippen LogP contribution >= 0.6 is 0 Å². The van der Waals surface area contributed by atoms with Crippen LogP contribution in [-0.2, 0) is 14.3 Å². The van der Waals surface area contributed by atoms with Crippen molar-refractivity contribution in [3.8, 4) is 11.8 Å². The Morgan fingerprint density at radius 1 is 1.35 bits per heavy atom. The molecule has 2 amide bonds. The number of nitrogen functional groups attached to an aromatic ring is 1. The van der Waals surface area contributed by atoms with Gasteiger partial charge in [0, 0.05) is 12.6 Å². The molecule has 182 valence electrons. The van der Waals surface area contributed by atoms with Crippen LogP contribution in [0.2, 0.25) is 0 Å². The van der Waals surface area contributed by atoms with E-state index in [-0.39, 0.29) is 35.4 Å². The number of methoxy groups -OCH3 is 1. The van der Waals surface area contributed by atoms with Gasteiger partial charge in [-0.2, -0.15) is 0 Å². The number of imidazole rings is 1. The molecule has 4 rings (SSSR count).